The first-order valence-electron chi connectivity index (χ1n) is 7.37. The van der Waals surface area contributed by atoms with Crippen LogP contribution >= 0.6 is 0 Å². The lowest BCUT2D eigenvalue weighted by molar-refractivity contribution is -0.123. The molecule has 1 fully saturated rings. The van der Waals surface area contributed by atoms with Crippen LogP contribution in [0, 0.1) is 5.92 Å². The van der Waals surface area contributed by atoms with Gasteiger partial charge >= 0.3 is 0 Å². The zero-order valence-electron chi connectivity index (χ0n) is 12.6. The van der Waals surface area contributed by atoms with Crippen molar-refractivity contribution >= 4 is 17.7 Å². The number of carbonyl (C=O) groups excluding carboxylic acids is 1. The van der Waals surface area contributed by atoms with Crippen LogP contribution in [0.2, 0.25) is 0 Å². The van der Waals surface area contributed by atoms with Gasteiger partial charge in [0.1, 0.15) is 5.82 Å². The third-order valence-corrected chi connectivity index (χ3v) is 3.61. The van der Waals surface area contributed by atoms with Gasteiger partial charge in [-0.05, 0) is 12.8 Å². The van der Waals surface area contributed by atoms with Gasteiger partial charge in [-0.25, -0.2) is 4.98 Å². The SMILES string of the molecule is CC(C)C(=O)NCCNc1cc(C2CC(N)C2)nc(N)n1. The van der Waals surface area contributed by atoms with Gasteiger partial charge in [-0.3, -0.25) is 4.79 Å². The minimum atomic E-state index is -0.00544. The summed E-state index contributed by atoms with van der Waals surface area (Å²) in [7, 11) is 0. The number of nitrogens with zero attached hydrogens (tertiary/aromatic N) is 2. The van der Waals surface area contributed by atoms with Crippen molar-refractivity contribution < 1.29 is 4.79 Å². The largest absolute Gasteiger partial charge is 0.368 e. The Balaban J connectivity index is 1.84. The Bertz CT molecular complexity index is 498. The fourth-order valence-corrected chi connectivity index (χ4v) is 2.27. The van der Waals surface area contributed by atoms with Crippen molar-refractivity contribution in [3.63, 3.8) is 0 Å². The van der Waals surface area contributed by atoms with Crippen LogP contribution in [0.25, 0.3) is 0 Å². The second-order valence-corrected chi connectivity index (χ2v) is 5.84. The van der Waals surface area contributed by atoms with E-state index in [4.69, 9.17) is 11.5 Å². The Labute approximate surface area is 124 Å². The molecule has 116 valence electrons. The number of rotatable bonds is 6. The van der Waals surface area contributed by atoms with Gasteiger partial charge < -0.3 is 22.1 Å². The van der Waals surface area contributed by atoms with Crippen LogP contribution in [0.3, 0.4) is 0 Å². The molecule has 0 spiro atoms. The smallest absolute Gasteiger partial charge is 0.222 e. The van der Waals surface area contributed by atoms with Gasteiger partial charge in [0.15, 0.2) is 0 Å². The van der Waals surface area contributed by atoms with Gasteiger partial charge in [-0.2, -0.15) is 4.98 Å². The Morgan fingerprint density at radius 1 is 1.38 bits per heavy atom. The number of aromatic nitrogens is 2. The number of amides is 1. The maximum Gasteiger partial charge on any atom is 0.222 e. The molecule has 0 aliphatic heterocycles. The van der Waals surface area contributed by atoms with E-state index in [1.165, 1.54) is 0 Å². The molecule has 1 aromatic heterocycles. The van der Waals surface area contributed by atoms with Crippen molar-refractivity contribution in [2.75, 3.05) is 24.1 Å². The summed E-state index contributed by atoms with van der Waals surface area (Å²) in [6, 6.07) is 2.19. The van der Waals surface area contributed by atoms with E-state index in [1.54, 1.807) is 0 Å². The molecule has 0 aromatic carbocycles. The van der Waals surface area contributed by atoms with Gasteiger partial charge in [-0.1, -0.05) is 13.8 Å². The zero-order valence-corrected chi connectivity index (χ0v) is 12.6. The van der Waals surface area contributed by atoms with Gasteiger partial charge in [0.2, 0.25) is 11.9 Å². The Morgan fingerprint density at radius 3 is 2.71 bits per heavy atom. The quantitative estimate of drug-likeness (QED) is 0.565. The molecule has 0 bridgehead atoms. The molecule has 7 heteroatoms. The topological polar surface area (TPSA) is 119 Å². The summed E-state index contributed by atoms with van der Waals surface area (Å²) in [5.74, 6) is 1.38. The van der Waals surface area contributed by atoms with Crippen molar-refractivity contribution in [2.45, 2.75) is 38.6 Å². The molecule has 1 amide bonds. The maximum atomic E-state index is 11.4. The van der Waals surface area contributed by atoms with Crippen molar-refractivity contribution in [1.82, 2.24) is 15.3 Å². The van der Waals surface area contributed by atoms with Gasteiger partial charge in [0.25, 0.3) is 0 Å². The lowest BCUT2D eigenvalue weighted by Crippen LogP contribution is -2.35. The van der Waals surface area contributed by atoms with Gasteiger partial charge in [-0.15, -0.1) is 0 Å². The average Bonchev–Trinajstić information content (AvgIpc) is 2.39. The highest BCUT2D eigenvalue weighted by Gasteiger charge is 2.29. The lowest BCUT2D eigenvalue weighted by atomic mass is 9.78. The summed E-state index contributed by atoms with van der Waals surface area (Å²) in [6.45, 7) is 4.87. The second kappa shape index (κ2) is 6.71. The molecule has 6 N–H and O–H groups in total. The average molecular weight is 292 g/mol. The molecule has 1 aliphatic carbocycles. The maximum absolute atomic E-state index is 11.4. The molecule has 0 radical (unpaired) electrons. The minimum absolute atomic E-state index is 0.00544. The molecule has 7 nitrogen and oxygen atoms in total. The van der Waals surface area contributed by atoms with Crippen molar-refractivity contribution in [1.29, 1.82) is 0 Å². The highest BCUT2D eigenvalue weighted by molar-refractivity contribution is 5.77. The highest BCUT2D eigenvalue weighted by atomic mass is 16.1. The summed E-state index contributed by atoms with van der Waals surface area (Å²) in [6.07, 6.45) is 1.89. The van der Waals surface area contributed by atoms with E-state index < -0.39 is 0 Å². The number of nitrogens with one attached hydrogen (secondary N) is 2. The first-order valence-corrected chi connectivity index (χ1v) is 7.37. The first kappa shape index (κ1) is 15.5. The predicted octanol–water partition coefficient (Wildman–Crippen LogP) is 0.448. The Hall–Kier alpha value is -1.89. The van der Waals surface area contributed by atoms with Crippen molar-refractivity contribution in [3.05, 3.63) is 11.8 Å². The highest BCUT2D eigenvalue weighted by Crippen LogP contribution is 2.35. The van der Waals surface area contributed by atoms with E-state index in [1.807, 2.05) is 19.9 Å². The summed E-state index contributed by atoms with van der Waals surface area (Å²) in [4.78, 5) is 19.9. The molecule has 0 unspecified atom stereocenters. The Kier molecular flexibility index (Phi) is 4.95. The summed E-state index contributed by atoms with van der Waals surface area (Å²) in [5, 5.41) is 6.00. The minimum Gasteiger partial charge on any atom is -0.368 e. The molecule has 21 heavy (non-hydrogen) atoms. The fourth-order valence-electron chi connectivity index (χ4n) is 2.27. The lowest BCUT2D eigenvalue weighted by Gasteiger charge is -2.32. The molecule has 1 aromatic rings. The number of hydrogen-bond donors (Lipinski definition) is 4. The van der Waals surface area contributed by atoms with E-state index in [0.717, 1.165) is 18.5 Å². The van der Waals surface area contributed by atoms with Gasteiger partial charge in [0, 0.05) is 37.0 Å². The molecule has 0 saturated heterocycles. The van der Waals surface area contributed by atoms with Crippen LogP contribution in [-0.2, 0) is 4.79 Å². The van der Waals surface area contributed by atoms with Crippen LogP contribution in [0.1, 0.15) is 38.3 Å². The van der Waals surface area contributed by atoms with Crippen LogP contribution in [-0.4, -0.2) is 35.0 Å². The molecular formula is C14H24N6O. The monoisotopic (exact) mass is 292 g/mol. The van der Waals surface area contributed by atoms with Gasteiger partial charge in [0.05, 0.1) is 5.69 Å². The molecule has 0 atom stereocenters. The van der Waals surface area contributed by atoms with Crippen molar-refractivity contribution in [2.24, 2.45) is 11.7 Å². The molecular weight excluding hydrogens is 268 g/mol. The number of anilines is 2. The summed E-state index contributed by atoms with van der Waals surface area (Å²) in [5.41, 5.74) is 12.5. The number of nitrogen functional groups attached to an aromatic ring is 1. The van der Waals surface area contributed by atoms with Crippen LogP contribution in [0.4, 0.5) is 11.8 Å². The van der Waals surface area contributed by atoms with E-state index in [0.29, 0.717) is 24.8 Å². The molecule has 1 heterocycles. The van der Waals surface area contributed by atoms with E-state index >= 15 is 0 Å². The second-order valence-electron chi connectivity index (χ2n) is 5.84. The normalized spacial score (nSPS) is 21.0. The zero-order chi connectivity index (χ0) is 15.4. The fraction of sp³-hybridized carbons (Fsp3) is 0.643. The number of carbonyl (C=O) groups is 1. The standard InChI is InChI=1S/C14H24N6O/c1-8(2)13(21)18-4-3-17-12-7-11(19-14(16)20-12)9-5-10(15)6-9/h7-10H,3-6,15H2,1-2H3,(H,18,21)(H3,16,17,19,20). The molecule has 1 saturated carbocycles. The third-order valence-electron chi connectivity index (χ3n) is 3.61. The first-order chi connectivity index (χ1) is 9.95. The molecule has 2 rings (SSSR count). The van der Waals surface area contributed by atoms with E-state index in [9.17, 15) is 4.79 Å². The van der Waals surface area contributed by atoms with Crippen LogP contribution < -0.4 is 22.1 Å². The Morgan fingerprint density at radius 2 is 2.10 bits per heavy atom. The predicted molar refractivity (Wildman–Crippen MR) is 82.7 cm³/mol. The number of hydrogen-bond acceptors (Lipinski definition) is 6. The third kappa shape index (κ3) is 4.29. The number of nitrogens with two attached hydrogens (primary N) is 2. The van der Waals surface area contributed by atoms with Crippen LogP contribution in [0.15, 0.2) is 6.07 Å². The van der Waals surface area contributed by atoms with E-state index in [-0.39, 0.29) is 23.8 Å². The summed E-state index contributed by atoms with van der Waals surface area (Å²) < 4.78 is 0. The van der Waals surface area contributed by atoms with E-state index in [2.05, 4.69) is 20.6 Å². The molecule has 1 aliphatic rings. The summed E-state index contributed by atoms with van der Waals surface area (Å²) >= 11 is 0. The van der Waals surface area contributed by atoms with Crippen molar-refractivity contribution in [3.8, 4) is 0 Å². The van der Waals surface area contributed by atoms with Crippen LogP contribution in [0.5, 0.6) is 0 Å².